The van der Waals surface area contributed by atoms with Crippen molar-refractivity contribution in [2.24, 2.45) is 5.92 Å². The average molecular weight is 344 g/mol. The lowest BCUT2D eigenvalue weighted by atomic mass is 9.97. The van der Waals surface area contributed by atoms with E-state index in [1.54, 1.807) is 29.2 Å². The predicted octanol–water partition coefficient (Wildman–Crippen LogP) is 2.96. The molecule has 1 aliphatic heterocycles. The second-order valence-electron chi connectivity index (χ2n) is 6.29. The zero-order chi connectivity index (χ0) is 17.8. The molecular formula is C19H21FN2O3. The summed E-state index contributed by atoms with van der Waals surface area (Å²) >= 11 is 0. The number of piperidine rings is 1. The molecule has 2 aromatic rings. The molecule has 5 nitrogen and oxygen atoms in total. The molecule has 2 heterocycles. The normalized spacial score (nSPS) is 17.4. The number of hydrogen-bond donors (Lipinski definition) is 1. The Kier molecular flexibility index (Phi) is 5.16. The van der Waals surface area contributed by atoms with E-state index >= 15 is 0 Å². The quantitative estimate of drug-likeness (QED) is 0.927. The van der Waals surface area contributed by atoms with Gasteiger partial charge in [0.05, 0.1) is 12.5 Å². The topological polar surface area (TPSA) is 62.6 Å². The Morgan fingerprint density at radius 3 is 2.72 bits per heavy atom. The van der Waals surface area contributed by atoms with Crippen LogP contribution in [0.1, 0.15) is 25.5 Å². The lowest BCUT2D eigenvalue weighted by Gasteiger charge is -2.31. The van der Waals surface area contributed by atoms with Crippen LogP contribution < -0.4 is 5.32 Å². The highest BCUT2D eigenvalue weighted by atomic mass is 19.1. The SMILES string of the molecule is CC(=O)N1CCCC(C(=O)NCc2ccc(-c3ccc(F)cc3)o2)C1. The van der Waals surface area contributed by atoms with Gasteiger partial charge in [0.2, 0.25) is 11.8 Å². The maximum Gasteiger partial charge on any atom is 0.225 e. The van der Waals surface area contributed by atoms with E-state index in [1.165, 1.54) is 19.1 Å². The number of furan rings is 1. The molecule has 0 aliphatic carbocycles. The number of nitrogens with one attached hydrogen (secondary N) is 1. The van der Waals surface area contributed by atoms with E-state index in [4.69, 9.17) is 4.42 Å². The van der Waals surface area contributed by atoms with Crippen LogP contribution in [-0.2, 0) is 16.1 Å². The number of rotatable bonds is 4. The number of halogens is 1. The highest BCUT2D eigenvalue weighted by Crippen LogP contribution is 2.22. The minimum absolute atomic E-state index is 0.00692. The van der Waals surface area contributed by atoms with Crippen molar-refractivity contribution in [2.75, 3.05) is 13.1 Å². The summed E-state index contributed by atoms with van der Waals surface area (Å²) in [5.74, 6) is 0.730. The van der Waals surface area contributed by atoms with Crippen LogP contribution >= 0.6 is 0 Å². The molecule has 3 rings (SSSR count). The minimum atomic E-state index is -0.296. The number of hydrogen-bond acceptors (Lipinski definition) is 3. The maximum absolute atomic E-state index is 13.0. The van der Waals surface area contributed by atoms with Crippen molar-refractivity contribution in [2.45, 2.75) is 26.3 Å². The number of likely N-dealkylation sites (tertiary alicyclic amines) is 1. The fourth-order valence-electron chi connectivity index (χ4n) is 3.04. The Labute approximate surface area is 145 Å². The molecule has 1 atom stereocenters. The van der Waals surface area contributed by atoms with Gasteiger partial charge in [0.25, 0.3) is 0 Å². The summed E-state index contributed by atoms with van der Waals surface area (Å²) in [7, 11) is 0. The third-order valence-corrected chi connectivity index (χ3v) is 4.46. The van der Waals surface area contributed by atoms with Crippen molar-refractivity contribution < 1.29 is 18.4 Å². The Hall–Kier alpha value is -2.63. The summed E-state index contributed by atoms with van der Waals surface area (Å²) in [6.07, 6.45) is 1.63. The van der Waals surface area contributed by atoms with E-state index in [0.717, 1.165) is 24.9 Å². The number of carbonyl (C=O) groups is 2. The van der Waals surface area contributed by atoms with Crippen molar-refractivity contribution in [1.29, 1.82) is 0 Å². The number of carbonyl (C=O) groups excluding carboxylic acids is 2. The van der Waals surface area contributed by atoms with E-state index < -0.39 is 0 Å². The van der Waals surface area contributed by atoms with Crippen molar-refractivity contribution in [3.8, 4) is 11.3 Å². The van der Waals surface area contributed by atoms with Gasteiger partial charge in [0.1, 0.15) is 17.3 Å². The second kappa shape index (κ2) is 7.51. The van der Waals surface area contributed by atoms with E-state index in [-0.39, 0.29) is 30.1 Å². The fraction of sp³-hybridized carbons (Fsp3) is 0.368. The molecule has 1 aliphatic rings. The predicted molar refractivity (Wildman–Crippen MR) is 90.9 cm³/mol. The van der Waals surface area contributed by atoms with Gasteiger partial charge in [-0.3, -0.25) is 9.59 Å². The molecule has 1 N–H and O–H groups in total. The molecule has 1 saturated heterocycles. The largest absolute Gasteiger partial charge is 0.459 e. The number of amides is 2. The number of nitrogens with zero attached hydrogens (tertiary/aromatic N) is 1. The Morgan fingerprint density at radius 2 is 2.00 bits per heavy atom. The van der Waals surface area contributed by atoms with Gasteiger partial charge in [-0.15, -0.1) is 0 Å². The summed E-state index contributed by atoms with van der Waals surface area (Å²) in [4.78, 5) is 25.5. The first-order valence-electron chi connectivity index (χ1n) is 8.41. The molecule has 0 spiro atoms. The van der Waals surface area contributed by atoms with Gasteiger partial charge < -0.3 is 14.6 Å². The lowest BCUT2D eigenvalue weighted by Crippen LogP contribution is -2.44. The standard InChI is InChI=1S/C19H21FN2O3/c1-13(23)22-10-2-3-15(12-22)19(24)21-11-17-8-9-18(25-17)14-4-6-16(20)7-5-14/h4-9,15H,2-3,10-12H2,1H3,(H,21,24). The van der Waals surface area contributed by atoms with Gasteiger partial charge in [0, 0.05) is 25.6 Å². The van der Waals surface area contributed by atoms with Crippen LogP contribution in [0.15, 0.2) is 40.8 Å². The molecule has 1 aromatic carbocycles. The molecule has 0 bridgehead atoms. The molecule has 1 fully saturated rings. The summed E-state index contributed by atoms with van der Waals surface area (Å²) in [6.45, 7) is 3.01. The monoisotopic (exact) mass is 344 g/mol. The van der Waals surface area contributed by atoms with Crippen LogP contribution in [0.4, 0.5) is 4.39 Å². The van der Waals surface area contributed by atoms with E-state index in [2.05, 4.69) is 5.32 Å². The van der Waals surface area contributed by atoms with Gasteiger partial charge in [-0.1, -0.05) is 0 Å². The maximum atomic E-state index is 13.0. The van der Waals surface area contributed by atoms with Crippen LogP contribution in [0.5, 0.6) is 0 Å². The van der Waals surface area contributed by atoms with Crippen LogP contribution in [0, 0.1) is 11.7 Å². The van der Waals surface area contributed by atoms with Crippen molar-refractivity contribution in [3.05, 3.63) is 48.0 Å². The Balaban J connectivity index is 1.56. The summed E-state index contributed by atoms with van der Waals surface area (Å²) < 4.78 is 18.7. The molecule has 6 heteroatoms. The van der Waals surface area contributed by atoms with Gasteiger partial charge in [-0.05, 0) is 49.2 Å². The number of benzene rings is 1. The third-order valence-electron chi connectivity index (χ3n) is 4.46. The van der Waals surface area contributed by atoms with Crippen LogP contribution in [0.3, 0.4) is 0 Å². The van der Waals surface area contributed by atoms with Gasteiger partial charge in [0.15, 0.2) is 0 Å². The van der Waals surface area contributed by atoms with Crippen LogP contribution in [0.25, 0.3) is 11.3 Å². The summed E-state index contributed by atoms with van der Waals surface area (Å²) in [5, 5.41) is 2.87. The highest BCUT2D eigenvalue weighted by Gasteiger charge is 2.26. The van der Waals surface area contributed by atoms with Crippen molar-refractivity contribution in [1.82, 2.24) is 10.2 Å². The van der Waals surface area contributed by atoms with Crippen molar-refractivity contribution >= 4 is 11.8 Å². The second-order valence-corrected chi connectivity index (χ2v) is 6.29. The van der Waals surface area contributed by atoms with Gasteiger partial charge in [-0.25, -0.2) is 4.39 Å². The third kappa shape index (κ3) is 4.26. The molecular weight excluding hydrogens is 323 g/mol. The van der Waals surface area contributed by atoms with E-state index in [9.17, 15) is 14.0 Å². The Bertz CT molecular complexity index is 754. The molecule has 132 valence electrons. The van der Waals surface area contributed by atoms with Gasteiger partial charge >= 0.3 is 0 Å². The van der Waals surface area contributed by atoms with Gasteiger partial charge in [-0.2, -0.15) is 0 Å². The lowest BCUT2D eigenvalue weighted by molar-refractivity contribution is -0.134. The zero-order valence-electron chi connectivity index (χ0n) is 14.1. The minimum Gasteiger partial charge on any atom is -0.459 e. The molecule has 1 aromatic heterocycles. The Morgan fingerprint density at radius 1 is 1.24 bits per heavy atom. The summed E-state index contributed by atoms with van der Waals surface area (Å²) in [5.41, 5.74) is 0.781. The first-order valence-corrected chi connectivity index (χ1v) is 8.41. The fourth-order valence-corrected chi connectivity index (χ4v) is 3.04. The first-order chi connectivity index (χ1) is 12.0. The molecule has 0 saturated carbocycles. The smallest absolute Gasteiger partial charge is 0.225 e. The zero-order valence-corrected chi connectivity index (χ0v) is 14.1. The van der Waals surface area contributed by atoms with E-state index in [1.807, 2.05) is 0 Å². The average Bonchev–Trinajstić information content (AvgIpc) is 3.09. The molecule has 25 heavy (non-hydrogen) atoms. The summed E-state index contributed by atoms with van der Waals surface area (Å²) in [6, 6.07) is 9.64. The van der Waals surface area contributed by atoms with E-state index in [0.29, 0.717) is 18.1 Å². The molecule has 1 unspecified atom stereocenters. The van der Waals surface area contributed by atoms with Crippen LogP contribution in [-0.4, -0.2) is 29.8 Å². The highest BCUT2D eigenvalue weighted by molar-refractivity contribution is 5.80. The molecule has 0 radical (unpaired) electrons. The van der Waals surface area contributed by atoms with Crippen LogP contribution in [0.2, 0.25) is 0 Å². The first kappa shape index (κ1) is 17.2. The molecule has 2 amide bonds. The van der Waals surface area contributed by atoms with Crippen molar-refractivity contribution in [3.63, 3.8) is 0 Å².